The van der Waals surface area contributed by atoms with Crippen LogP contribution in [0.15, 0.2) is 170 Å². The molecular weight excluding hydrogens is 637 g/mol. The molecule has 4 heterocycles. The Balaban J connectivity index is 1.41. The third-order valence-electron chi connectivity index (χ3n) is 10.3. The molecule has 242 valence electrons. The molecule has 0 spiro atoms. The maximum atomic E-state index is 4.78. The quantitative estimate of drug-likeness (QED) is 0.188. The van der Waals surface area contributed by atoms with E-state index in [1.807, 2.05) is 12.1 Å². The fourth-order valence-electron chi connectivity index (χ4n) is 8.14. The fraction of sp³-hybridized carbons (Fsp3) is 0. The van der Waals surface area contributed by atoms with E-state index in [0.717, 1.165) is 44.6 Å². The van der Waals surface area contributed by atoms with E-state index in [1.165, 1.54) is 43.1 Å². The van der Waals surface area contributed by atoms with E-state index in [9.17, 15) is 0 Å². The Kier molecular flexibility index (Phi) is 6.15. The summed E-state index contributed by atoms with van der Waals surface area (Å²) < 4.78 is 4.88. The zero-order valence-corrected chi connectivity index (χ0v) is 27.8. The zero-order chi connectivity index (χ0) is 34.2. The van der Waals surface area contributed by atoms with Crippen LogP contribution in [0, 0.1) is 0 Å². The first-order chi connectivity index (χ1) is 25.8. The Morgan fingerprint density at radius 3 is 1.15 bits per heavy atom. The molecule has 7 aromatic carbocycles. The molecule has 0 bridgehead atoms. The molecule has 0 aliphatic rings. The molecule has 0 saturated heterocycles. The minimum Gasteiger partial charge on any atom is -0.306 e. The van der Waals surface area contributed by atoms with Gasteiger partial charge in [-0.05, 0) is 47.2 Å². The Morgan fingerprint density at radius 1 is 0.327 bits per heavy atom. The van der Waals surface area contributed by atoms with Gasteiger partial charge in [0.05, 0.1) is 33.4 Å². The van der Waals surface area contributed by atoms with Gasteiger partial charge in [0.15, 0.2) is 11.6 Å². The van der Waals surface area contributed by atoms with Gasteiger partial charge < -0.3 is 9.13 Å². The smallest absolute Gasteiger partial charge is 0.159 e. The third kappa shape index (κ3) is 4.12. The van der Waals surface area contributed by atoms with Crippen LogP contribution >= 0.6 is 0 Å². The summed E-state index contributed by atoms with van der Waals surface area (Å²) in [5.41, 5.74) is 8.23. The number of fused-ring (bicyclic) bond motifs is 10. The van der Waals surface area contributed by atoms with Gasteiger partial charge in [-0.3, -0.25) is 0 Å². The lowest BCUT2D eigenvalue weighted by molar-refractivity contribution is 1.09. The number of benzene rings is 7. The number of hydrogen-bond acceptors (Lipinski definition) is 4. The molecule has 0 atom stereocenters. The van der Waals surface area contributed by atoms with E-state index in [4.69, 9.17) is 19.9 Å². The Hall–Kier alpha value is -7.18. The predicted molar refractivity (Wildman–Crippen MR) is 212 cm³/mol. The molecule has 0 aliphatic carbocycles. The number of hydrogen-bond donors (Lipinski definition) is 0. The van der Waals surface area contributed by atoms with E-state index in [-0.39, 0.29) is 0 Å². The van der Waals surface area contributed by atoms with Crippen molar-refractivity contribution in [2.24, 2.45) is 0 Å². The summed E-state index contributed by atoms with van der Waals surface area (Å²) in [7, 11) is 0. The van der Waals surface area contributed by atoms with E-state index in [0.29, 0.717) is 11.6 Å². The van der Waals surface area contributed by atoms with Crippen LogP contribution in [0.2, 0.25) is 0 Å². The minimum atomic E-state index is 0.607. The van der Waals surface area contributed by atoms with Crippen molar-refractivity contribution in [2.75, 3.05) is 0 Å². The first-order valence-electron chi connectivity index (χ1n) is 17.4. The average molecular weight is 665 g/mol. The second kappa shape index (κ2) is 11.2. The van der Waals surface area contributed by atoms with E-state index in [1.54, 1.807) is 24.8 Å². The van der Waals surface area contributed by atoms with E-state index >= 15 is 0 Å². The van der Waals surface area contributed by atoms with Crippen LogP contribution in [-0.4, -0.2) is 29.1 Å². The van der Waals surface area contributed by atoms with Crippen LogP contribution in [-0.2, 0) is 0 Å². The Morgan fingerprint density at radius 2 is 0.712 bits per heavy atom. The van der Waals surface area contributed by atoms with Gasteiger partial charge in [0.25, 0.3) is 0 Å². The largest absolute Gasteiger partial charge is 0.306 e. The number of nitrogens with zero attached hydrogens (tertiary/aromatic N) is 6. The molecule has 52 heavy (non-hydrogen) atoms. The van der Waals surface area contributed by atoms with Gasteiger partial charge in [-0.2, -0.15) is 0 Å². The summed E-state index contributed by atoms with van der Waals surface area (Å²) in [4.78, 5) is 19.1. The van der Waals surface area contributed by atoms with Crippen molar-refractivity contribution in [1.29, 1.82) is 0 Å². The van der Waals surface area contributed by atoms with Crippen molar-refractivity contribution >= 4 is 65.2 Å². The first kappa shape index (κ1) is 28.6. The van der Waals surface area contributed by atoms with Gasteiger partial charge in [0.2, 0.25) is 0 Å². The molecule has 11 rings (SSSR count). The summed E-state index contributed by atoms with van der Waals surface area (Å²) in [5, 5.41) is 9.51. The molecule has 0 radical (unpaired) electrons. The summed E-state index contributed by atoms with van der Waals surface area (Å²) in [6.07, 6.45) is 7.16. The maximum absolute atomic E-state index is 4.78. The topological polar surface area (TPSA) is 61.4 Å². The molecule has 0 N–H and O–H groups in total. The molecule has 0 unspecified atom stereocenters. The lowest BCUT2D eigenvalue weighted by atomic mass is 10.0. The highest BCUT2D eigenvalue weighted by Crippen LogP contribution is 2.44. The normalized spacial score (nSPS) is 11.8. The van der Waals surface area contributed by atoms with Gasteiger partial charge >= 0.3 is 0 Å². The van der Waals surface area contributed by atoms with Crippen molar-refractivity contribution in [2.45, 2.75) is 0 Å². The highest BCUT2D eigenvalue weighted by Gasteiger charge is 2.25. The van der Waals surface area contributed by atoms with Gasteiger partial charge in [0.1, 0.15) is 0 Å². The van der Waals surface area contributed by atoms with Crippen molar-refractivity contribution in [3.8, 4) is 34.2 Å². The van der Waals surface area contributed by atoms with Gasteiger partial charge in [0, 0.05) is 68.2 Å². The molecule has 0 aliphatic heterocycles. The van der Waals surface area contributed by atoms with E-state index in [2.05, 4.69) is 143 Å². The summed E-state index contributed by atoms with van der Waals surface area (Å²) >= 11 is 0. The van der Waals surface area contributed by atoms with Crippen LogP contribution in [0.3, 0.4) is 0 Å². The van der Waals surface area contributed by atoms with Crippen molar-refractivity contribution < 1.29 is 0 Å². The lowest BCUT2D eigenvalue weighted by Crippen LogP contribution is -2.07. The van der Waals surface area contributed by atoms with Gasteiger partial charge in [-0.15, -0.1) is 0 Å². The van der Waals surface area contributed by atoms with Crippen molar-refractivity contribution in [3.05, 3.63) is 170 Å². The fourth-order valence-corrected chi connectivity index (χ4v) is 8.14. The monoisotopic (exact) mass is 664 g/mol. The zero-order valence-electron chi connectivity index (χ0n) is 27.8. The Labute approximate surface area is 297 Å². The van der Waals surface area contributed by atoms with Crippen LogP contribution in [0.1, 0.15) is 0 Å². The molecule has 4 aromatic heterocycles. The standard InChI is InChI=1S/C46H28N6/c1-3-13-31-29(11-1)19-21-35-33-15-5-7-17-39(33)51(43(31)35)41-27-37(45-47-23-9-24-48-45)38(46-49-25-10-26-50-46)28-42(41)52-40-18-8-6-16-34(40)36-22-20-30-12-2-4-14-32(30)44(36)52/h1-28H. The Bertz CT molecular complexity index is 2960. The van der Waals surface area contributed by atoms with Crippen LogP contribution in [0.5, 0.6) is 0 Å². The average Bonchev–Trinajstić information content (AvgIpc) is 3.75. The molecule has 0 saturated carbocycles. The first-order valence-corrected chi connectivity index (χ1v) is 17.4. The molecule has 11 aromatic rings. The van der Waals surface area contributed by atoms with Gasteiger partial charge in [-0.1, -0.05) is 109 Å². The SMILES string of the molecule is c1cnc(-c2cc(-n3c4ccccc4c4ccc5ccccc5c43)c(-n3c4ccccc4c4ccc5ccccc5c43)cc2-c2ncccn2)nc1. The number of para-hydroxylation sites is 2. The number of rotatable bonds is 4. The lowest BCUT2D eigenvalue weighted by Gasteiger charge is -2.21. The number of aromatic nitrogens is 6. The molecule has 0 fully saturated rings. The highest BCUT2D eigenvalue weighted by molar-refractivity contribution is 6.21. The maximum Gasteiger partial charge on any atom is 0.159 e. The molecule has 6 nitrogen and oxygen atoms in total. The summed E-state index contributed by atoms with van der Waals surface area (Å²) in [5.74, 6) is 1.21. The molecule has 0 amide bonds. The van der Waals surface area contributed by atoms with Crippen LogP contribution in [0.25, 0.3) is 99.3 Å². The summed E-state index contributed by atoms with van der Waals surface area (Å²) in [6.45, 7) is 0. The molecular formula is C46H28N6. The van der Waals surface area contributed by atoms with Crippen molar-refractivity contribution in [1.82, 2.24) is 29.1 Å². The minimum absolute atomic E-state index is 0.607. The third-order valence-corrected chi connectivity index (χ3v) is 10.3. The van der Waals surface area contributed by atoms with Gasteiger partial charge in [-0.25, -0.2) is 19.9 Å². The van der Waals surface area contributed by atoms with E-state index < -0.39 is 0 Å². The van der Waals surface area contributed by atoms with Crippen molar-refractivity contribution in [3.63, 3.8) is 0 Å². The highest BCUT2D eigenvalue weighted by atomic mass is 15.1. The summed E-state index contributed by atoms with van der Waals surface area (Å²) in [6, 6.07) is 51.9. The second-order valence-corrected chi connectivity index (χ2v) is 13.1. The predicted octanol–water partition coefficient (Wildman–Crippen LogP) is 11.1. The van der Waals surface area contributed by atoms with Crippen LogP contribution < -0.4 is 0 Å². The van der Waals surface area contributed by atoms with Crippen LogP contribution in [0.4, 0.5) is 0 Å². The second-order valence-electron chi connectivity index (χ2n) is 13.1. The molecule has 6 heteroatoms.